The summed E-state index contributed by atoms with van der Waals surface area (Å²) in [5.41, 5.74) is 1.36. The van der Waals surface area contributed by atoms with Gasteiger partial charge in [-0.15, -0.1) is 0 Å². The lowest BCUT2D eigenvalue weighted by Gasteiger charge is -2.20. The fourth-order valence-corrected chi connectivity index (χ4v) is 3.46. The molecule has 0 unspecified atom stereocenters. The van der Waals surface area contributed by atoms with E-state index >= 15 is 0 Å². The molecule has 0 aliphatic rings. The van der Waals surface area contributed by atoms with Crippen LogP contribution in [0, 0.1) is 5.82 Å². The van der Waals surface area contributed by atoms with E-state index in [1.54, 1.807) is 0 Å². The maximum absolute atomic E-state index is 13.1. The molecule has 140 valence electrons. The van der Waals surface area contributed by atoms with Crippen molar-refractivity contribution >= 4 is 15.9 Å². The zero-order valence-electron chi connectivity index (χ0n) is 14.7. The van der Waals surface area contributed by atoms with E-state index in [0.717, 1.165) is 24.3 Å². The number of hydrogen-bond donors (Lipinski definition) is 1. The van der Waals surface area contributed by atoms with Gasteiger partial charge in [0.1, 0.15) is 5.82 Å². The molecule has 0 aliphatic carbocycles. The van der Waals surface area contributed by atoms with E-state index in [1.807, 2.05) is 30.3 Å². The predicted molar refractivity (Wildman–Crippen MR) is 99.9 cm³/mol. The molecule has 2 aromatic rings. The number of carbonyl (C=O) groups excluding carboxylic acids is 1. The van der Waals surface area contributed by atoms with Crippen LogP contribution in [-0.2, 0) is 16.4 Å². The monoisotopic (exact) mass is 378 g/mol. The number of halogens is 1. The first kappa shape index (κ1) is 20.1. The van der Waals surface area contributed by atoms with Gasteiger partial charge in [-0.2, -0.15) is 0 Å². The van der Waals surface area contributed by atoms with Crippen molar-refractivity contribution in [3.8, 4) is 0 Å². The number of aryl methyl sites for hydroxylation is 1. The van der Waals surface area contributed by atoms with Crippen molar-refractivity contribution in [3.05, 3.63) is 71.5 Å². The zero-order chi connectivity index (χ0) is 19.0. The van der Waals surface area contributed by atoms with Crippen LogP contribution in [0.5, 0.6) is 0 Å². The Bertz CT molecular complexity index is 826. The Morgan fingerprint density at radius 3 is 2.46 bits per heavy atom. The van der Waals surface area contributed by atoms with Gasteiger partial charge in [0.15, 0.2) is 0 Å². The summed E-state index contributed by atoms with van der Waals surface area (Å²) in [4.78, 5) is 12.0. The van der Waals surface area contributed by atoms with Crippen LogP contribution in [-0.4, -0.2) is 44.5 Å². The van der Waals surface area contributed by atoms with Crippen LogP contribution >= 0.6 is 0 Å². The van der Waals surface area contributed by atoms with E-state index in [2.05, 4.69) is 5.32 Å². The van der Waals surface area contributed by atoms with Crippen molar-refractivity contribution in [1.82, 2.24) is 9.62 Å². The molecule has 0 saturated heterocycles. The summed E-state index contributed by atoms with van der Waals surface area (Å²) < 4.78 is 38.4. The van der Waals surface area contributed by atoms with Gasteiger partial charge < -0.3 is 5.32 Å². The topological polar surface area (TPSA) is 66.5 Å². The van der Waals surface area contributed by atoms with Crippen LogP contribution in [0.2, 0.25) is 0 Å². The van der Waals surface area contributed by atoms with E-state index in [9.17, 15) is 17.6 Å². The summed E-state index contributed by atoms with van der Waals surface area (Å²) in [6.07, 6.45) is 2.63. The third-order valence-electron chi connectivity index (χ3n) is 3.92. The van der Waals surface area contributed by atoms with Gasteiger partial charge >= 0.3 is 0 Å². The minimum atomic E-state index is -3.37. The molecule has 2 rings (SSSR count). The smallest absolute Gasteiger partial charge is 0.251 e. The third kappa shape index (κ3) is 6.57. The standard InChI is InChI=1S/C19H23FN2O3S/c1-26(24,25)22(13-6-9-16-7-3-2-4-8-16)14-12-21-19(23)17-10-5-11-18(20)15-17/h2-5,7-8,10-11,15H,6,9,12-14H2,1H3,(H,21,23). The minimum absolute atomic E-state index is 0.160. The fourth-order valence-electron chi connectivity index (χ4n) is 2.57. The Labute approximate surface area is 153 Å². The first-order chi connectivity index (χ1) is 12.4. The number of hydrogen-bond acceptors (Lipinski definition) is 3. The van der Waals surface area contributed by atoms with Crippen LogP contribution in [0.3, 0.4) is 0 Å². The van der Waals surface area contributed by atoms with Gasteiger partial charge in [0.25, 0.3) is 5.91 Å². The molecule has 1 N–H and O–H groups in total. The van der Waals surface area contributed by atoms with Gasteiger partial charge in [-0.3, -0.25) is 4.79 Å². The molecule has 2 aromatic carbocycles. The second-order valence-electron chi connectivity index (χ2n) is 6.02. The highest BCUT2D eigenvalue weighted by Crippen LogP contribution is 2.06. The Balaban J connectivity index is 1.83. The van der Waals surface area contributed by atoms with Crippen molar-refractivity contribution in [2.75, 3.05) is 25.9 Å². The molecule has 0 saturated carbocycles. The van der Waals surface area contributed by atoms with Gasteiger partial charge in [0.2, 0.25) is 10.0 Å². The minimum Gasteiger partial charge on any atom is -0.351 e. The second-order valence-corrected chi connectivity index (χ2v) is 8.00. The molecular weight excluding hydrogens is 355 g/mol. The fraction of sp³-hybridized carbons (Fsp3) is 0.316. The highest BCUT2D eigenvalue weighted by molar-refractivity contribution is 7.88. The normalized spacial score (nSPS) is 11.5. The summed E-state index contributed by atoms with van der Waals surface area (Å²) in [5.74, 6) is -0.918. The molecule has 0 atom stereocenters. The molecule has 0 bridgehead atoms. The summed E-state index contributed by atoms with van der Waals surface area (Å²) in [7, 11) is -3.37. The van der Waals surface area contributed by atoms with Gasteiger partial charge in [-0.05, 0) is 36.6 Å². The third-order valence-corrected chi connectivity index (χ3v) is 5.22. The zero-order valence-corrected chi connectivity index (χ0v) is 15.5. The first-order valence-electron chi connectivity index (χ1n) is 8.39. The summed E-state index contributed by atoms with van der Waals surface area (Å²) in [6, 6.07) is 15.2. The average molecular weight is 378 g/mol. The van der Waals surface area contributed by atoms with Crippen molar-refractivity contribution < 1.29 is 17.6 Å². The Morgan fingerprint density at radius 2 is 1.81 bits per heavy atom. The number of amides is 1. The van der Waals surface area contributed by atoms with Gasteiger partial charge in [0.05, 0.1) is 6.26 Å². The van der Waals surface area contributed by atoms with E-state index in [0.29, 0.717) is 13.0 Å². The van der Waals surface area contributed by atoms with Crippen LogP contribution < -0.4 is 5.32 Å². The SMILES string of the molecule is CS(=O)(=O)N(CCCc1ccccc1)CCNC(=O)c1cccc(F)c1. The largest absolute Gasteiger partial charge is 0.351 e. The Hall–Kier alpha value is -2.25. The van der Waals surface area contributed by atoms with Gasteiger partial charge in [0, 0.05) is 25.2 Å². The van der Waals surface area contributed by atoms with E-state index < -0.39 is 21.7 Å². The second kappa shape index (κ2) is 9.45. The highest BCUT2D eigenvalue weighted by atomic mass is 32.2. The average Bonchev–Trinajstić information content (AvgIpc) is 2.60. The van der Waals surface area contributed by atoms with Crippen LogP contribution in [0.4, 0.5) is 4.39 Å². The molecule has 0 aromatic heterocycles. The maximum Gasteiger partial charge on any atom is 0.251 e. The van der Waals surface area contributed by atoms with Crippen LogP contribution in [0.15, 0.2) is 54.6 Å². The van der Waals surface area contributed by atoms with Crippen molar-refractivity contribution in [2.45, 2.75) is 12.8 Å². The quantitative estimate of drug-likeness (QED) is 0.729. The first-order valence-corrected chi connectivity index (χ1v) is 10.2. The Kier molecular flexibility index (Phi) is 7.29. The molecular formula is C19H23FN2O3S. The summed E-state index contributed by atoms with van der Waals surface area (Å²) in [5, 5.41) is 2.63. The summed E-state index contributed by atoms with van der Waals surface area (Å²) in [6.45, 7) is 0.714. The molecule has 0 aliphatic heterocycles. The molecule has 26 heavy (non-hydrogen) atoms. The van der Waals surface area contributed by atoms with Gasteiger partial charge in [-0.1, -0.05) is 36.4 Å². The lowest BCUT2D eigenvalue weighted by molar-refractivity contribution is 0.0951. The van der Waals surface area contributed by atoms with E-state index in [1.165, 1.54) is 22.5 Å². The molecule has 0 heterocycles. The molecule has 7 heteroatoms. The maximum atomic E-state index is 13.1. The van der Waals surface area contributed by atoms with Gasteiger partial charge in [-0.25, -0.2) is 17.1 Å². The van der Waals surface area contributed by atoms with Crippen LogP contribution in [0.1, 0.15) is 22.3 Å². The number of rotatable bonds is 9. The molecule has 1 amide bonds. The highest BCUT2D eigenvalue weighted by Gasteiger charge is 2.16. The number of nitrogens with one attached hydrogen (secondary N) is 1. The molecule has 0 fully saturated rings. The molecule has 0 radical (unpaired) electrons. The number of benzene rings is 2. The van der Waals surface area contributed by atoms with Crippen molar-refractivity contribution in [3.63, 3.8) is 0 Å². The van der Waals surface area contributed by atoms with E-state index in [-0.39, 0.29) is 18.7 Å². The summed E-state index contributed by atoms with van der Waals surface area (Å²) >= 11 is 0. The number of nitrogens with zero attached hydrogens (tertiary/aromatic N) is 1. The lowest BCUT2D eigenvalue weighted by atomic mass is 10.1. The molecule has 5 nitrogen and oxygen atoms in total. The number of carbonyl (C=O) groups is 1. The van der Waals surface area contributed by atoms with Crippen LogP contribution in [0.25, 0.3) is 0 Å². The van der Waals surface area contributed by atoms with Crippen molar-refractivity contribution in [2.24, 2.45) is 0 Å². The lowest BCUT2D eigenvalue weighted by Crippen LogP contribution is -2.38. The van der Waals surface area contributed by atoms with E-state index in [4.69, 9.17) is 0 Å². The number of sulfonamides is 1. The Morgan fingerprint density at radius 1 is 1.08 bits per heavy atom. The predicted octanol–water partition coefficient (Wildman–Crippen LogP) is 2.45. The molecule has 0 spiro atoms. The van der Waals surface area contributed by atoms with Crippen molar-refractivity contribution in [1.29, 1.82) is 0 Å².